The molecule has 0 saturated heterocycles. The van der Waals surface area contributed by atoms with Gasteiger partial charge in [-0.25, -0.2) is 4.79 Å². The van der Waals surface area contributed by atoms with E-state index < -0.39 is 28.9 Å². The summed E-state index contributed by atoms with van der Waals surface area (Å²) in [5.74, 6) is -0.300. The number of amides is 1. The van der Waals surface area contributed by atoms with Gasteiger partial charge < -0.3 is 24.8 Å². The van der Waals surface area contributed by atoms with Crippen molar-refractivity contribution < 1.29 is 19.0 Å². The molecule has 3 rings (SSSR count). The van der Waals surface area contributed by atoms with Gasteiger partial charge in [0, 0.05) is 24.9 Å². The van der Waals surface area contributed by atoms with E-state index in [0.29, 0.717) is 35.8 Å². The molecule has 37 heavy (non-hydrogen) atoms. The number of ether oxygens (including phenoxy) is 3. The van der Waals surface area contributed by atoms with Crippen LogP contribution in [0.3, 0.4) is 0 Å². The Morgan fingerprint density at radius 2 is 1.86 bits per heavy atom. The van der Waals surface area contributed by atoms with E-state index in [4.69, 9.17) is 19.9 Å². The number of allylic oxidation sites excluding steroid dienone is 2. The lowest BCUT2D eigenvalue weighted by Gasteiger charge is -2.45. The number of hydrogen-bond donors (Lipinski definition) is 1. The smallest absolute Gasteiger partial charge is 0.410 e. The molecule has 0 bridgehead atoms. The first kappa shape index (κ1) is 27.4. The topological polar surface area (TPSA) is 145 Å². The number of nitriles is 3. The van der Waals surface area contributed by atoms with Gasteiger partial charge in [-0.1, -0.05) is 19.1 Å². The Bertz CT molecular complexity index is 1220. The lowest BCUT2D eigenvalue weighted by atomic mass is 9.58. The SMILES string of the molecule is CCCOc1ccc([C@H]2[C@H]3CN(C(=O)OC(C)(C)C)CC=C3C(C#N)=C(N)C2(C#N)C#N)cc1OCC. The summed E-state index contributed by atoms with van der Waals surface area (Å²) in [4.78, 5) is 14.5. The number of rotatable bonds is 6. The van der Waals surface area contributed by atoms with Crippen molar-refractivity contribution in [3.05, 3.63) is 46.7 Å². The highest BCUT2D eigenvalue weighted by atomic mass is 16.6. The molecule has 1 aliphatic heterocycles. The van der Waals surface area contributed by atoms with Crippen LogP contribution in [0.1, 0.15) is 52.5 Å². The number of carbonyl (C=O) groups excluding carboxylic acids is 1. The highest BCUT2D eigenvalue weighted by Crippen LogP contribution is 2.55. The lowest BCUT2D eigenvalue weighted by molar-refractivity contribution is 0.0224. The number of carbonyl (C=O) groups is 1. The van der Waals surface area contributed by atoms with Crippen LogP contribution in [0, 0.1) is 45.3 Å². The van der Waals surface area contributed by atoms with Crippen LogP contribution in [-0.2, 0) is 4.74 Å². The summed E-state index contributed by atoms with van der Waals surface area (Å²) in [7, 11) is 0. The third kappa shape index (κ3) is 5.20. The lowest BCUT2D eigenvalue weighted by Crippen LogP contribution is -2.50. The second-order valence-electron chi connectivity index (χ2n) is 10.0. The molecule has 1 aromatic rings. The molecule has 2 N–H and O–H groups in total. The van der Waals surface area contributed by atoms with E-state index in [1.165, 1.54) is 4.90 Å². The van der Waals surface area contributed by atoms with Gasteiger partial charge in [0.05, 0.1) is 36.6 Å². The number of hydrogen-bond acceptors (Lipinski definition) is 8. The van der Waals surface area contributed by atoms with E-state index in [9.17, 15) is 20.6 Å². The summed E-state index contributed by atoms with van der Waals surface area (Å²) in [6.07, 6.45) is 2.06. The first-order valence-electron chi connectivity index (χ1n) is 12.4. The fraction of sp³-hybridized carbons (Fsp3) is 0.500. The summed E-state index contributed by atoms with van der Waals surface area (Å²) in [5.41, 5.74) is 5.15. The Kier molecular flexibility index (Phi) is 8.04. The zero-order chi connectivity index (χ0) is 27.4. The van der Waals surface area contributed by atoms with Crippen LogP contribution in [0.2, 0.25) is 0 Å². The van der Waals surface area contributed by atoms with Gasteiger partial charge in [0.25, 0.3) is 0 Å². The van der Waals surface area contributed by atoms with E-state index in [1.54, 1.807) is 45.0 Å². The molecular formula is C28H33N5O4. The Morgan fingerprint density at radius 3 is 2.43 bits per heavy atom. The molecule has 1 amide bonds. The number of fused-ring (bicyclic) bond motifs is 1. The summed E-state index contributed by atoms with van der Waals surface area (Å²) in [5, 5.41) is 30.6. The number of benzene rings is 1. The van der Waals surface area contributed by atoms with Crippen molar-refractivity contribution in [2.75, 3.05) is 26.3 Å². The van der Waals surface area contributed by atoms with Gasteiger partial charge in [-0.05, 0) is 57.4 Å². The van der Waals surface area contributed by atoms with E-state index in [1.807, 2.05) is 13.8 Å². The van der Waals surface area contributed by atoms with Gasteiger partial charge >= 0.3 is 6.09 Å². The highest BCUT2D eigenvalue weighted by Gasteiger charge is 2.55. The zero-order valence-electron chi connectivity index (χ0n) is 22.0. The van der Waals surface area contributed by atoms with Crippen molar-refractivity contribution >= 4 is 6.09 Å². The van der Waals surface area contributed by atoms with Crippen LogP contribution in [-0.4, -0.2) is 42.9 Å². The van der Waals surface area contributed by atoms with Crippen LogP contribution in [0.15, 0.2) is 41.1 Å². The van der Waals surface area contributed by atoms with E-state index in [2.05, 4.69) is 18.2 Å². The molecule has 9 heteroatoms. The predicted molar refractivity (Wildman–Crippen MR) is 136 cm³/mol. The maximum atomic E-state index is 12.9. The van der Waals surface area contributed by atoms with Crippen molar-refractivity contribution in [3.8, 4) is 29.7 Å². The highest BCUT2D eigenvalue weighted by molar-refractivity contribution is 5.70. The Hall–Kier alpha value is -4.16. The Morgan fingerprint density at radius 1 is 1.16 bits per heavy atom. The van der Waals surface area contributed by atoms with E-state index in [0.717, 1.165) is 6.42 Å². The van der Waals surface area contributed by atoms with Crippen LogP contribution in [0.4, 0.5) is 4.79 Å². The first-order valence-corrected chi connectivity index (χ1v) is 12.4. The predicted octanol–water partition coefficient (Wildman–Crippen LogP) is 4.53. The summed E-state index contributed by atoms with van der Waals surface area (Å²) < 4.78 is 17.2. The third-order valence-electron chi connectivity index (χ3n) is 6.40. The molecule has 0 unspecified atom stereocenters. The molecule has 0 radical (unpaired) electrons. The van der Waals surface area contributed by atoms with E-state index >= 15 is 0 Å². The average Bonchev–Trinajstić information content (AvgIpc) is 2.86. The minimum atomic E-state index is -1.83. The van der Waals surface area contributed by atoms with Crippen molar-refractivity contribution in [1.82, 2.24) is 4.90 Å². The Labute approximate surface area is 218 Å². The normalized spacial score (nSPS) is 20.5. The number of nitrogens with two attached hydrogens (primary N) is 1. The van der Waals surface area contributed by atoms with Crippen LogP contribution in [0.5, 0.6) is 11.5 Å². The molecule has 1 heterocycles. The second kappa shape index (κ2) is 10.8. The molecule has 0 fully saturated rings. The zero-order valence-corrected chi connectivity index (χ0v) is 22.0. The van der Waals surface area contributed by atoms with Gasteiger partial charge in [0.1, 0.15) is 11.7 Å². The minimum Gasteiger partial charge on any atom is -0.490 e. The second-order valence-corrected chi connectivity index (χ2v) is 10.0. The van der Waals surface area contributed by atoms with Crippen LogP contribution >= 0.6 is 0 Å². The summed E-state index contributed by atoms with van der Waals surface area (Å²) in [6.45, 7) is 10.5. The molecule has 0 spiro atoms. The van der Waals surface area contributed by atoms with Crippen molar-refractivity contribution in [1.29, 1.82) is 15.8 Å². The maximum absolute atomic E-state index is 12.9. The minimum absolute atomic E-state index is 0.0810. The molecule has 194 valence electrons. The third-order valence-corrected chi connectivity index (χ3v) is 6.40. The maximum Gasteiger partial charge on any atom is 0.410 e. The van der Waals surface area contributed by atoms with Gasteiger partial charge in [0.2, 0.25) is 0 Å². The first-order chi connectivity index (χ1) is 17.6. The summed E-state index contributed by atoms with van der Waals surface area (Å²) in [6, 6.07) is 11.6. The molecule has 2 atom stereocenters. The van der Waals surface area contributed by atoms with Crippen molar-refractivity contribution in [3.63, 3.8) is 0 Å². The fourth-order valence-electron chi connectivity index (χ4n) is 4.85. The molecule has 0 aromatic heterocycles. The van der Waals surface area contributed by atoms with E-state index in [-0.39, 0.29) is 24.4 Å². The van der Waals surface area contributed by atoms with Gasteiger partial charge in [0.15, 0.2) is 16.9 Å². The Balaban J connectivity index is 2.20. The van der Waals surface area contributed by atoms with Crippen LogP contribution in [0.25, 0.3) is 0 Å². The molecule has 1 aromatic carbocycles. The van der Waals surface area contributed by atoms with Gasteiger partial charge in [-0.15, -0.1) is 0 Å². The van der Waals surface area contributed by atoms with Crippen LogP contribution < -0.4 is 15.2 Å². The largest absolute Gasteiger partial charge is 0.490 e. The standard InChI is InChI=1S/C28H33N5O4/c1-6-12-36-22-9-8-18(13-23(22)35-7-2)24-21-15-33(26(34)37-27(3,4)5)11-10-19(21)20(14-29)25(32)28(24,16-30)17-31/h8-10,13,21,24H,6-7,11-12,15,32H2,1-5H3/t21-,24-/m0/s1. The van der Waals surface area contributed by atoms with Gasteiger partial charge in [-0.3, -0.25) is 0 Å². The average molecular weight is 504 g/mol. The number of nitrogens with zero attached hydrogens (tertiary/aromatic N) is 4. The quantitative estimate of drug-likeness (QED) is 0.596. The fourth-order valence-corrected chi connectivity index (χ4v) is 4.85. The monoisotopic (exact) mass is 503 g/mol. The summed E-state index contributed by atoms with van der Waals surface area (Å²) >= 11 is 0. The molecule has 1 aliphatic carbocycles. The molecule has 9 nitrogen and oxygen atoms in total. The molecule has 2 aliphatic rings. The van der Waals surface area contributed by atoms with Crippen molar-refractivity contribution in [2.24, 2.45) is 17.1 Å². The molecular weight excluding hydrogens is 470 g/mol. The van der Waals surface area contributed by atoms with Gasteiger partial charge in [-0.2, -0.15) is 15.8 Å². The molecule has 0 saturated carbocycles. The van der Waals surface area contributed by atoms with Crippen molar-refractivity contribution in [2.45, 2.75) is 52.6 Å².